The van der Waals surface area contributed by atoms with Crippen LogP contribution in [0.4, 0.5) is 5.69 Å². The number of aliphatic imine (C=N–C) groups is 1. The van der Waals surface area contributed by atoms with Gasteiger partial charge >= 0.3 is 0 Å². The van der Waals surface area contributed by atoms with Gasteiger partial charge < -0.3 is 24.5 Å². The zero-order chi connectivity index (χ0) is 20.2. The van der Waals surface area contributed by atoms with Crippen LogP contribution in [0.25, 0.3) is 0 Å². The SMILES string of the molecule is COCCCOc1cccc(NC(=NCc2cccs2)NCCc2ccco2)c1. The Balaban J connectivity index is 1.59. The topological polar surface area (TPSA) is 68.0 Å². The van der Waals surface area contributed by atoms with Gasteiger partial charge in [0, 0.05) is 49.7 Å². The molecule has 0 amide bonds. The average Bonchev–Trinajstić information content (AvgIpc) is 3.44. The fraction of sp³-hybridized carbons (Fsp3) is 0.318. The van der Waals surface area contributed by atoms with Gasteiger partial charge in [-0.05, 0) is 35.7 Å². The van der Waals surface area contributed by atoms with Crippen molar-refractivity contribution in [3.8, 4) is 5.75 Å². The number of furan rings is 1. The van der Waals surface area contributed by atoms with Crippen LogP contribution in [0.15, 0.2) is 69.6 Å². The van der Waals surface area contributed by atoms with E-state index in [0.717, 1.165) is 42.5 Å². The molecule has 3 aromatic rings. The lowest BCUT2D eigenvalue weighted by Crippen LogP contribution is -2.32. The molecule has 3 rings (SSSR count). The molecule has 0 bridgehead atoms. The van der Waals surface area contributed by atoms with Gasteiger partial charge in [0.15, 0.2) is 5.96 Å². The Morgan fingerprint density at radius 1 is 1.14 bits per heavy atom. The van der Waals surface area contributed by atoms with Gasteiger partial charge in [0.2, 0.25) is 0 Å². The molecular weight excluding hydrogens is 386 g/mol. The van der Waals surface area contributed by atoms with E-state index in [9.17, 15) is 0 Å². The highest BCUT2D eigenvalue weighted by atomic mass is 32.1. The van der Waals surface area contributed by atoms with E-state index in [2.05, 4.69) is 22.1 Å². The standard InChI is InChI=1S/C22H27N3O3S/c1-26-12-5-14-28-20-7-2-6-18(16-20)25-22(24-17-21-9-4-15-29-21)23-11-10-19-8-3-13-27-19/h2-4,6-9,13,15-16H,5,10-12,14,17H2,1H3,(H2,23,24,25). The van der Waals surface area contributed by atoms with Crippen LogP contribution in [-0.4, -0.2) is 32.8 Å². The molecule has 0 atom stereocenters. The Morgan fingerprint density at radius 2 is 2.10 bits per heavy atom. The number of hydrogen-bond donors (Lipinski definition) is 2. The lowest BCUT2D eigenvalue weighted by Gasteiger charge is -2.13. The number of benzene rings is 1. The van der Waals surface area contributed by atoms with Crippen LogP contribution in [0.2, 0.25) is 0 Å². The summed E-state index contributed by atoms with van der Waals surface area (Å²) < 4.78 is 16.2. The van der Waals surface area contributed by atoms with Gasteiger partial charge in [0.25, 0.3) is 0 Å². The number of anilines is 1. The van der Waals surface area contributed by atoms with Crippen molar-refractivity contribution in [3.63, 3.8) is 0 Å². The first-order chi connectivity index (χ1) is 14.3. The van der Waals surface area contributed by atoms with Crippen molar-refractivity contribution < 1.29 is 13.9 Å². The number of rotatable bonds is 11. The van der Waals surface area contributed by atoms with Crippen molar-refractivity contribution in [1.29, 1.82) is 0 Å². The molecule has 6 nitrogen and oxygen atoms in total. The summed E-state index contributed by atoms with van der Waals surface area (Å²) in [5.41, 5.74) is 0.921. The zero-order valence-electron chi connectivity index (χ0n) is 16.6. The van der Waals surface area contributed by atoms with E-state index in [1.54, 1.807) is 24.7 Å². The summed E-state index contributed by atoms with van der Waals surface area (Å²) in [5.74, 6) is 2.49. The van der Waals surface area contributed by atoms with Crippen LogP contribution in [0.3, 0.4) is 0 Å². The molecule has 0 fully saturated rings. The minimum Gasteiger partial charge on any atom is -0.493 e. The van der Waals surface area contributed by atoms with Gasteiger partial charge in [-0.1, -0.05) is 12.1 Å². The molecule has 0 aliphatic rings. The maximum atomic E-state index is 5.79. The number of thiophene rings is 1. The molecule has 2 aromatic heterocycles. The van der Waals surface area contributed by atoms with Crippen molar-refractivity contribution >= 4 is 23.0 Å². The van der Waals surface area contributed by atoms with Crippen LogP contribution in [0.1, 0.15) is 17.1 Å². The molecule has 2 N–H and O–H groups in total. The number of guanidine groups is 1. The van der Waals surface area contributed by atoms with Gasteiger partial charge in [0.05, 0.1) is 19.4 Å². The van der Waals surface area contributed by atoms with Gasteiger partial charge in [0.1, 0.15) is 11.5 Å². The molecule has 2 heterocycles. The van der Waals surface area contributed by atoms with Crippen LogP contribution in [0, 0.1) is 0 Å². The van der Waals surface area contributed by atoms with E-state index in [0.29, 0.717) is 19.8 Å². The smallest absolute Gasteiger partial charge is 0.196 e. The van der Waals surface area contributed by atoms with Crippen molar-refractivity contribution in [2.24, 2.45) is 4.99 Å². The molecule has 0 aliphatic heterocycles. The van der Waals surface area contributed by atoms with Gasteiger partial charge in [-0.3, -0.25) is 0 Å². The van der Waals surface area contributed by atoms with Crippen LogP contribution >= 0.6 is 11.3 Å². The predicted octanol–water partition coefficient (Wildman–Crippen LogP) is 4.56. The fourth-order valence-electron chi connectivity index (χ4n) is 2.65. The first-order valence-corrected chi connectivity index (χ1v) is 10.5. The molecule has 0 aliphatic carbocycles. The Kier molecular flexibility index (Phi) is 8.62. The Bertz CT molecular complexity index is 848. The first kappa shape index (κ1) is 21.0. The van der Waals surface area contributed by atoms with E-state index in [1.807, 2.05) is 42.5 Å². The minimum atomic E-state index is 0.623. The van der Waals surface area contributed by atoms with Gasteiger partial charge in [-0.15, -0.1) is 11.3 Å². The summed E-state index contributed by atoms with van der Waals surface area (Å²) in [6.07, 6.45) is 3.34. The molecule has 154 valence electrons. The molecule has 0 spiro atoms. The van der Waals surface area contributed by atoms with E-state index < -0.39 is 0 Å². The van der Waals surface area contributed by atoms with E-state index in [1.165, 1.54) is 4.88 Å². The Labute approximate surface area is 175 Å². The Morgan fingerprint density at radius 3 is 2.90 bits per heavy atom. The normalized spacial score (nSPS) is 11.4. The number of methoxy groups -OCH3 is 1. The molecule has 0 saturated carbocycles. The van der Waals surface area contributed by atoms with Gasteiger partial charge in [-0.2, -0.15) is 0 Å². The molecule has 0 saturated heterocycles. The molecule has 7 heteroatoms. The molecule has 29 heavy (non-hydrogen) atoms. The molecule has 0 radical (unpaired) electrons. The highest BCUT2D eigenvalue weighted by Gasteiger charge is 2.04. The Hall–Kier alpha value is -2.77. The van der Waals surface area contributed by atoms with Crippen molar-refractivity contribution in [2.45, 2.75) is 19.4 Å². The maximum absolute atomic E-state index is 5.79. The van der Waals surface area contributed by atoms with E-state index in [-0.39, 0.29) is 0 Å². The second-order valence-corrected chi connectivity index (χ2v) is 7.38. The molecule has 0 unspecified atom stereocenters. The lowest BCUT2D eigenvalue weighted by molar-refractivity contribution is 0.172. The third-order valence-electron chi connectivity index (χ3n) is 4.08. The van der Waals surface area contributed by atoms with Gasteiger partial charge in [-0.25, -0.2) is 4.99 Å². The second kappa shape index (κ2) is 11.9. The summed E-state index contributed by atoms with van der Waals surface area (Å²) in [5, 5.41) is 8.81. The summed E-state index contributed by atoms with van der Waals surface area (Å²) in [7, 11) is 1.69. The predicted molar refractivity (Wildman–Crippen MR) is 118 cm³/mol. The molecular formula is C22H27N3O3S. The quantitative estimate of drug-likeness (QED) is 0.274. The lowest BCUT2D eigenvalue weighted by atomic mass is 10.3. The van der Waals surface area contributed by atoms with Crippen molar-refractivity contribution in [2.75, 3.05) is 32.2 Å². The van der Waals surface area contributed by atoms with E-state index in [4.69, 9.17) is 18.9 Å². The third kappa shape index (κ3) is 7.63. The minimum absolute atomic E-state index is 0.623. The summed E-state index contributed by atoms with van der Waals surface area (Å²) in [6.45, 7) is 2.66. The largest absolute Gasteiger partial charge is 0.493 e. The zero-order valence-corrected chi connectivity index (χ0v) is 17.4. The summed E-state index contributed by atoms with van der Waals surface area (Å²) in [4.78, 5) is 5.93. The van der Waals surface area contributed by atoms with E-state index >= 15 is 0 Å². The maximum Gasteiger partial charge on any atom is 0.196 e. The number of ether oxygens (including phenoxy) is 2. The third-order valence-corrected chi connectivity index (χ3v) is 4.94. The van der Waals surface area contributed by atoms with Crippen LogP contribution < -0.4 is 15.4 Å². The van der Waals surface area contributed by atoms with Crippen LogP contribution in [0.5, 0.6) is 5.75 Å². The number of nitrogens with one attached hydrogen (secondary N) is 2. The summed E-state index contributed by atoms with van der Waals surface area (Å²) >= 11 is 1.70. The molecule has 1 aromatic carbocycles. The highest BCUT2D eigenvalue weighted by Crippen LogP contribution is 2.18. The number of nitrogens with zero attached hydrogens (tertiary/aromatic N) is 1. The summed E-state index contributed by atoms with van der Waals surface area (Å²) in [6, 6.07) is 15.9. The van der Waals surface area contributed by atoms with Crippen molar-refractivity contribution in [1.82, 2.24) is 5.32 Å². The monoisotopic (exact) mass is 413 g/mol. The van der Waals surface area contributed by atoms with Crippen molar-refractivity contribution in [3.05, 3.63) is 70.8 Å². The first-order valence-electron chi connectivity index (χ1n) is 9.65. The van der Waals surface area contributed by atoms with Crippen LogP contribution in [-0.2, 0) is 17.7 Å². The second-order valence-electron chi connectivity index (χ2n) is 6.35. The average molecular weight is 414 g/mol. The fourth-order valence-corrected chi connectivity index (χ4v) is 3.28. The number of hydrogen-bond acceptors (Lipinski definition) is 5. The highest BCUT2D eigenvalue weighted by molar-refractivity contribution is 7.09.